The number of hydrogen-bond acceptors (Lipinski definition) is 3. The van der Waals surface area contributed by atoms with Crippen LogP contribution in [0.3, 0.4) is 0 Å². The van der Waals surface area contributed by atoms with Gasteiger partial charge in [0, 0.05) is 19.1 Å². The van der Waals surface area contributed by atoms with E-state index in [1.54, 1.807) is 0 Å². The van der Waals surface area contributed by atoms with Gasteiger partial charge in [-0.3, -0.25) is 4.79 Å². The Morgan fingerprint density at radius 1 is 1.27 bits per heavy atom. The molecule has 4 heteroatoms. The number of nitrogens with zero attached hydrogens (tertiary/aromatic N) is 1. The van der Waals surface area contributed by atoms with E-state index in [1.807, 2.05) is 4.90 Å². The fourth-order valence-electron chi connectivity index (χ4n) is 3.66. The Balaban J connectivity index is 1.51. The molecular formula is C18H26N2O2. The van der Waals surface area contributed by atoms with Crippen LogP contribution in [-0.2, 0) is 9.53 Å². The van der Waals surface area contributed by atoms with Crippen LogP contribution in [0.5, 0.6) is 0 Å². The molecule has 1 N–H and O–H groups in total. The van der Waals surface area contributed by atoms with Crippen molar-refractivity contribution in [2.24, 2.45) is 5.41 Å². The number of amides is 1. The smallest absolute Gasteiger partial charge is 0.236 e. The average Bonchev–Trinajstić information content (AvgIpc) is 2.55. The van der Waals surface area contributed by atoms with Crippen molar-refractivity contribution in [2.75, 3.05) is 32.8 Å². The topological polar surface area (TPSA) is 41.6 Å². The summed E-state index contributed by atoms with van der Waals surface area (Å²) in [7, 11) is 0. The van der Waals surface area contributed by atoms with Crippen LogP contribution in [-0.4, -0.2) is 49.7 Å². The number of benzene rings is 1. The molecule has 0 aromatic heterocycles. The van der Waals surface area contributed by atoms with E-state index < -0.39 is 0 Å². The standard InChI is InChI=1S/C18H26N2O2/c1-18(2)15(14-6-4-3-5-7-14)12-16(18)19-13-17(21)20-8-10-22-11-9-20/h3-7,15-16,19H,8-13H2,1-2H3/t15-,16+/m0/s1. The summed E-state index contributed by atoms with van der Waals surface area (Å²) in [5, 5.41) is 3.47. The zero-order valence-corrected chi connectivity index (χ0v) is 13.5. The second-order valence-corrected chi connectivity index (χ2v) is 6.95. The Labute approximate surface area is 132 Å². The summed E-state index contributed by atoms with van der Waals surface area (Å²) >= 11 is 0. The zero-order chi connectivity index (χ0) is 15.6. The molecule has 1 saturated heterocycles. The molecule has 1 aromatic carbocycles. The summed E-state index contributed by atoms with van der Waals surface area (Å²) in [6.07, 6.45) is 1.10. The molecule has 0 unspecified atom stereocenters. The van der Waals surface area contributed by atoms with Gasteiger partial charge in [0.2, 0.25) is 5.91 Å². The maximum absolute atomic E-state index is 12.2. The molecule has 1 heterocycles. The third-order valence-electron chi connectivity index (χ3n) is 5.33. The third kappa shape index (κ3) is 3.03. The molecule has 0 bridgehead atoms. The SMILES string of the molecule is CC1(C)[C@H](NCC(=O)N2CCOCC2)C[C@H]1c1ccccc1. The van der Waals surface area contributed by atoms with E-state index in [1.165, 1.54) is 5.56 Å². The lowest BCUT2D eigenvalue weighted by Crippen LogP contribution is -2.57. The predicted molar refractivity (Wildman–Crippen MR) is 86.8 cm³/mol. The molecule has 1 aliphatic heterocycles. The maximum atomic E-state index is 12.2. The summed E-state index contributed by atoms with van der Waals surface area (Å²) in [6, 6.07) is 11.1. The van der Waals surface area contributed by atoms with Gasteiger partial charge in [-0.2, -0.15) is 0 Å². The number of rotatable bonds is 4. The van der Waals surface area contributed by atoms with Gasteiger partial charge in [-0.1, -0.05) is 44.2 Å². The summed E-state index contributed by atoms with van der Waals surface area (Å²) in [5.74, 6) is 0.770. The van der Waals surface area contributed by atoms with Gasteiger partial charge in [-0.15, -0.1) is 0 Å². The molecule has 2 fully saturated rings. The summed E-state index contributed by atoms with van der Waals surface area (Å²) < 4.78 is 5.29. The van der Waals surface area contributed by atoms with Gasteiger partial charge in [-0.05, 0) is 23.3 Å². The number of ether oxygens (including phenoxy) is 1. The van der Waals surface area contributed by atoms with E-state index in [-0.39, 0.29) is 11.3 Å². The lowest BCUT2D eigenvalue weighted by molar-refractivity contribution is -0.134. The Kier molecular flexibility index (Phi) is 4.50. The van der Waals surface area contributed by atoms with Crippen molar-refractivity contribution in [2.45, 2.75) is 32.2 Å². The van der Waals surface area contributed by atoms with Crippen molar-refractivity contribution in [3.63, 3.8) is 0 Å². The van der Waals surface area contributed by atoms with Crippen molar-refractivity contribution < 1.29 is 9.53 Å². The summed E-state index contributed by atoms with van der Waals surface area (Å²) in [4.78, 5) is 14.1. The fraction of sp³-hybridized carbons (Fsp3) is 0.611. The Bertz CT molecular complexity index is 509. The second kappa shape index (κ2) is 6.39. The molecule has 0 spiro atoms. The van der Waals surface area contributed by atoms with Gasteiger partial charge >= 0.3 is 0 Å². The lowest BCUT2D eigenvalue weighted by Gasteiger charge is -2.53. The molecule has 1 saturated carbocycles. The molecule has 4 nitrogen and oxygen atoms in total. The molecule has 1 aliphatic carbocycles. The molecule has 22 heavy (non-hydrogen) atoms. The average molecular weight is 302 g/mol. The van der Waals surface area contributed by atoms with E-state index in [0.717, 1.165) is 19.5 Å². The monoisotopic (exact) mass is 302 g/mol. The van der Waals surface area contributed by atoms with Crippen LogP contribution in [0.15, 0.2) is 30.3 Å². The van der Waals surface area contributed by atoms with E-state index in [9.17, 15) is 4.79 Å². The van der Waals surface area contributed by atoms with Crippen molar-refractivity contribution in [3.8, 4) is 0 Å². The van der Waals surface area contributed by atoms with Gasteiger partial charge in [0.15, 0.2) is 0 Å². The Morgan fingerprint density at radius 2 is 1.95 bits per heavy atom. The second-order valence-electron chi connectivity index (χ2n) is 6.95. The van der Waals surface area contributed by atoms with Crippen LogP contribution in [0, 0.1) is 5.41 Å². The normalized spacial score (nSPS) is 27.3. The first-order valence-corrected chi connectivity index (χ1v) is 8.23. The van der Waals surface area contributed by atoms with Crippen molar-refractivity contribution in [1.82, 2.24) is 10.2 Å². The van der Waals surface area contributed by atoms with Gasteiger partial charge in [0.05, 0.1) is 19.8 Å². The van der Waals surface area contributed by atoms with Crippen molar-refractivity contribution in [3.05, 3.63) is 35.9 Å². The predicted octanol–water partition coefficient (Wildman–Crippen LogP) is 2.02. The first-order chi connectivity index (χ1) is 10.6. The van der Waals surface area contributed by atoms with Gasteiger partial charge < -0.3 is 15.0 Å². The summed E-state index contributed by atoms with van der Waals surface area (Å²) in [5.41, 5.74) is 1.59. The molecule has 2 aliphatic rings. The quantitative estimate of drug-likeness (QED) is 0.925. The van der Waals surface area contributed by atoms with Gasteiger partial charge in [0.1, 0.15) is 0 Å². The minimum Gasteiger partial charge on any atom is -0.378 e. The van der Waals surface area contributed by atoms with Crippen molar-refractivity contribution in [1.29, 1.82) is 0 Å². The number of morpholine rings is 1. The van der Waals surface area contributed by atoms with Crippen LogP contribution in [0.25, 0.3) is 0 Å². The van der Waals surface area contributed by atoms with E-state index >= 15 is 0 Å². The molecule has 3 rings (SSSR count). The van der Waals surface area contributed by atoms with Crippen LogP contribution in [0.4, 0.5) is 0 Å². The minimum absolute atomic E-state index is 0.187. The molecule has 1 aromatic rings. The highest BCUT2D eigenvalue weighted by atomic mass is 16.5. The Morgan fingerprint density at radius 3 is 2.59 bits per heavy atom. The van der Waals surface area contributed by atoms with Crippen molar-refractivity contribution >= 4 is 5.91 Å². The highest BCUT2D eigenvalue weighted by molar-refractivity contribution is 5.78. The van der Waals surface area contributed by atoms with Gasteiger partial charge in [-0.25, -0.2) is 0 Å². The maximum Gasteiger partial charge on any atom is 0.236 e. The van der Waals surface area contributed by atoms with Gasteiger partial charge in [0.25, 0.3) is 0 Å². The fourth-order valence-corrected chi connectivity index (χ4v) is 3.66. The van der Waals surface area contributed by atoms with E-state index in [0.29, 0.717) is 31.7 Å². The zero-order valence-electron chi connectivity index (χ0n) is 13.5. The van der Waals surface area contributed by atoms with E-state index in [4.69, 9.17) is 4.74 Å². The van der Waals surface area contributed by atoms with Crippen LogP contribution in [0.1, 0.15) is 31.7 Å². The third-order valence-corrected chi connectivity index (χ3v) is 5.33. The van der Waals surface area contributed by atoms with Crippen LogP contribution < -0.4 is 5.32 Å². The molecular weight excluding hydrogens is 276 g/mol. The number of nitrogens with one attached hydrogen (secondary N) is 1. The highest BCUT2D eigenvalue weighted by Gasteiger charge is 2.48. The number of hydrogen-bond donors (Lipinski definition) is 1. The molecule has 1 amide bonds. The first kappa shape index (κ1) is 15.5. The highest BCUT2D eigenvalue weighted by Crippen LogP contribution is 2.52. The number of carbonyl (C=O) groups excluding carboxylic acids is 1. The first-order valence-electron chi connectivity index (χ1n) is 8.23. The van der Waals surface area contributed by atoms with E-state index in [2.05, 4.69) is 49.5 Å². The molecule has 2 atom stereocenters. The largest absolute Gasteiger partial charge is 0.378 e. The minimum atomic E-state index is 0.187. The summed E-state index contributed by atoms with van der Waals surface area (Å²) in [6.45, 7) is 7.81. The molecule has 0 radical (unpaired) electrons. The van der Waals surface area contributed by atoms with Crippen LogP contribution >= 0.6 is 0 Å². The Hall–Kier alpha value is -1.39. The van der Waals surface area contributed by atoms with Crippen LogP contribution in [0.2, 0.25) is 0 Å². The number of carbonyl (C=O) groups is 1. The molecule has 120 valence electrons. The lowest BCUT2D eigenvalue weighted by atomic mass is 9.56.